The number of amides is 1. The smallest absolute Gasteiger partial charge is 0.255 e. The lowest BCUT2D eigenvalue weighted by Crippen LogP contribution is -2.11. The minimum absolute atomic E-state index is 0.160. The molecule has 0 saturated heterocycles. The number of rotatable bonds is 4. The van der Waals surface area contributed by atoms with Gasteiger partial charge in [0.05, 0.1) is 0 Å². The number of benzene rings is 3. The Balaban J connectivity index is 1.73. The molecule has 3 aromatic rings. The molecule has 0 unspecified atom stereocenters. The van der Waals surface area contributed by atoms with Crippen molar-refractivity contribution < 1.29 is 9.53 Å². The molecule has 3 nitrogen and oxygen atoms in total. The van der Waals surface area contributed by atoms with Gasteiger partial charge in [0, 0.05) is 11.3 Å². The van der Waals surface area contributed by atoms with Gasteiger partial charge < -0.3 is 10.1 Å². The van der Waals surface area contributed by atoms with Crippen LogP contribution in [0.1, 0.15) is 15.9 Å². The zero-order valence-corrected chi connectivity index (χ0v) is 12.8. The van der Waals surface area contributed by atoms with Gasteiger partial charge in [-0.3, -0.25) is 4.79 Å². The van der Waals surface area contributed by atoms with E-state index < -0.39 is 0 Å². The highest BCUT2D eigenvalue weighted by atomic mass is 16.5. The van der Waals surface area contributed by atoms with E-state index in [1.807, 2.05) is 73.7 Å². The van der Waals surface area contributed by atoms with Gasteiger partial charge in [0.25, 0.3) is 5.91 Å². The molecule has 0 bridgehead atoms. The van der Waals surface area contributed by atoms with Crippen molar-refractivity contribution in [1.82, 2.24) is 0 Å². The minimum atomic E-state index is -0.160. The quantitative estimate of drug-likeness (QED) is 0.733. The van der Waals surface area contributed by atoms with E-state index in [9.17, 15) is 4.79 Å². The summed E-state index contributed by atoms with van der Waals surface area (Å²) < 4.78 is 5.76. The lowest BCUT2D eigenvalue weighted by atomic mass is 10.2. The topological polar surface area (TPSA) is 38.3 Å². The first-order chi connectivity index (χ1) is 11.2. The van der Waals surface area contributed by atoms with E-state index in [-0.39, 0.29) is 5.91 Å². The average molecular weight is 303 g/mol. The summed E-state index contributed by atoms with van der Waals surface area (Å²) in [6.07, 6.45) is 0. The van der Waals surface area contributed by atoms with Crippen LogP contribution in [0.4, 0.5) is 5.69 Å². The Morgan fingerprint density at radius 3 is 2.26 bits per heavy atom. The second kappa shape index (κ2) is 6.79. The van der Waals surface area contributed by atoms with E-state index in [1.165, 1.54) is 0 Å². The molecule has 0 aromatic heterocycles. The van der Waals surface area contributed by atoms with E-state index in [0.29, 0.717) is 11.3 Å². The summed E-state index contributed by atoms with van der Waals surface area (Å²) in [7, 11) is 0. The minimum Gasteiger partial charge on any atom is -0.457 e. The Bertz CT molecular complexity index is 795. The third-order valence-corrected chi connectivity index (χ3v) is 3.38. The van der Waals surface area contributed by atoms with Crippen molar-refractivity contribution in [1.29, 1.82) is 0 Å². The highest BCUT2D eigenvalue weighted by Crippen LogP contribution is 2.22. The first-order valence-electron chi connectivity index (χ1n) is 7.42. The van der Waals surface area contributed by atoms with Gasteiger partial charge in [-0.15, -0.1) is 0 Å². The molecule has 3 rings (SSSR count). The Labute approximate surface area is 135 Å². The Morgan fingerprint density at radius 1 is 0.826 bits per heavy atom. The van der Waals surface area contributed by atoms with Crippen LogP contribution in [-0.4, -0.2) is 5.91 Å². The van der Waals surface area contributed by atoms with Crippen molar-refractivity contribution in [3.05, 3.63) is 90.0 Å². The first-order valence-corrected chi connectivity index (χ1v) is 7.42. The van der Waals surface area contributed by atoms with Crippen molar-refractivity contribution >= 4 is 11.6 Å². The molecule has 0 atom stereocenters. The maximum Gasteiger partial charge on any atom is 0.255 e. The van der Waals surface area contributed by atoms with Gasteiger partial charge in [-0.2, -0.15) is 0 Å². The van der Waals surface area contributed by atoms with Crippen LogP contribution in [0, 0.1) is 6.92 Å². The zero-order valence-electron chi connectivity index (χ0n) is 12.8. The van der Waals surface area contributed by atoms with E-state index in [1.54, 1.807) is 12.1 Å². The number of carbonyl (C=O) groups is 1. The van der Waals surface area contributed by atoms with Gasteiger partial charge in [-0.05, 0) is 49.4 Å². The summed E-state index contributed by atoms with van der Waals surface area (Å²) in [5, 5.41) is 2.88. The Morgan fingerprint density at radius 2 is 1.52 bits per heavy atom. The number of aryl methyl sites for hydroxylation is 1. The molecular weight excluding hydrogens is 286 g/mol. The molecule has 0 aliphatic heterocycles. The maximum absolute atomic E-state index is 12.3. The molecule has 0 aliphatic carbocycles. The van der Waals surface area contributed by atoms with E-state index >= 15 is 0 Å². The molecule has 0 radical (unpaired) electrons. The van der Waals surface area contributed by atoms with Crippen molar-refractivity contribution in [2.45, 2.75) is 6.92 Å². The number of hydrogen-bond donors (Lipinski definition) is 1. The van der Waals surface area contributed by atoms with Gasteiger partial charge in [0.2, 0.25) is 0 Å². The fraction of sp³-hybridized carbons (Fsp3) is 0.0500. The third kappa shape index (κ3) is 3.98. The summed E-state index contributed by atoms with van der Waals surface area (Å²) in [5.74, 6) is 1.21. The normalized spacial score (nSPS) is 10.1. The van der Waals surface area contributed by atoms with Crippen LogP contribution in [0.5, 0.6) is 11.5 Å². The van der Waals surface area contributed by atoms with Gasteiger partial charge in [-0.25, -0.2) is 0 Å². The van der Waals surface area contributed by atoms with E-state index in [0.717, 1.165) is 17.0 Å². The number of anilines is 1. The van der Waals surface area contributed by atoms with Crippen LogP contribution in [0.3, 0.4) is 0 Å². The standard InChI is InChI=1S/C20H17NO2/c1-15-10-12-17(13-11-15)21-20(22)16-6-5-9-19(14-16)23-18-7-3-2-4-8-18/h2-14H,1H3,(H,21,22). The highest BCUT2D eigenvalue weighted by Gasteiger charge is 2.07. The molecule has 1 amide bonds. The van der Waals surface area contributed by atoms with Crippen LogP contribution in [0.15, 0.2) is 78.9 Å². The van der Waals surface area contributed by atoms with Crippen molar-refractivity contribution in [2.24, 2.45) is 0 Å². The van der Waals surface area contributed by atoms with Gasteiger partial charge >= 0.3 is 0 Å². The molecule has 114 valence electrons. The lowest BCUT2D eigenvalue weighted by molar-refractivity contribution is 0.102. The predicted molar refractivity (Wildman–Crippen MR) is 92.1 cm³/mol. The largest absolute Gasteiger partial charge is 0.457 e. The van der Waals surface area contributed by atoms with Gasteiger partial charge in [0.1, 0.15) is 11.5 Å². The molecule has 23 heavy (non-hydrogen) atoms. The molecule has 0 fully saturated rings. The lowest BCUT2D eigenvalue weighted by Gasteiger charge is -2.08. The summed E-state index contributed by atoms with van der Waals surface area (Å²) in [6, 6.07) is 24.3. The van der Waals surface area contributed by atoms with Crippen LogP contribution in [-0.2, 0) is 0 Å². The predicted octanol–water partition coefficient (Wildman–Crippen LogP) is 5.04. The second-order valence-electron chi connectivity index (χ2n) is 5.26. The molecule has 3 heteroatoms. The van der Waals surface area contributed by atoms with Crippen molar-refractivity contribution in [3.8, 4) is 11.5 Å². The Kier molecular flexibility index (Phi) is 4.39. The maximum atomic E-state index is 12.3. The monoisotopic (exact) mass is 303 g/mol. The molecule has 0 saturated carbocycles. The Hall–Kier alpha value is -3.07. The molecule has 0 spiro atoms. The van der Waals surface area contributed by atoms with Gasteiger partial charge in [0.15, 0.2) is 0 Å². The number of para-hydroxylation sites is 1. The number of hydrogen-bond acceptors (Lipinski definition) is 2. The fourth-order valence-electron chi connectivity index (χ4n) is 2.17. The first kappa shape index (κ1) is 14.9. The summed E-state index contributed by atoms with van der Waals surface area (Å²) in [4.78, 5) is 12.3. The van der Waals surface area contributed by atoms with Crippen LogP contribution >= 0.6 is 0 Å². The fourth-order valence-corrected chi connectivity index (χ4v) is 2.17. The van der Waals surface area contributed by atoms with Crippen molar-refractivity contribution in [2.75, 3.05) is 5.32 Å². The summed E-state index contributed by atoms with van der Waals surface area (Å²) >= 11 is 0. The summed E-state index contributed by atoms with van der Waals surface area (Å²) in [6.45, 7) is 2.01. The summed E-state index contributed by atoms with van der Waals surface area (Å²) in [5.41, 5.74) is 2.48. The number of ether oxygens (including phenoxy) is 1. The highest BCUT2D eigenvalue weighted by molar-refractivity contribution is 6.04. The molecule has 3 aromatic carbocycles. The molecule has 1 N–H and O–H groups in total. The van der Waals surface area contributed by atoms with Gasteiger partial charge in [-0.1, -0.05) is 42.0 Å². The van der Waals surface area contributed by atoms with E-state index in [2.05, 4.69) is 5.32 Å². The van der Waals surface area contributed by atoms with E-state index in [4.69, 9.17) is 4.74 Å². The zero-order chi connectivity index (χ0) is 16.1. The average Bonchev–Trinajstić information content (AvgIpc) is 2.58. The number of nitrogens with one attached hydrogen (secondary N) is 1. The van der Waals surface area contributed by atoms with Crippen LogP contribution in [0.2, 0.25) is 0 Å². The third-order valence-electron chi connectivity index (χ3n) is 3.38. The van der Waals surface area contributed by atoms with Crippen LogP contribution < -0.4 is 10.1 Å². The van der Waals surface area contributed by atoms with Crippen molar-refractivity contribution in [3.63, 3.8) is 0 Å². The van der Waals surface area contributed by atoms with Crippen LogP contribution in [0.25, 0.3) is 0 Å². The molecule has 0 heterocycles. The molecular formula is C20H17NO2. The SMILES string of the molecule is Cc1ccc(NC(=O)c2cccc(Oc3ccccc3)c2)cc1. The number of carbonyl (C=O) groups excluding carboxylic acids is 1. The second-order valence-corrected chi connectivity index (χ2v) is 5.26. The molecule has 0 aliphatic rings.